The Morgan fingerprint density at radius 1 is 1.30 bits per heavy atom. The summed E-state index contributed by atoms with van der Waals surface area (Å²) >= 11 is 0. The van der Waals surface area contributed by atoms with Crippen molar-refractivity contribution < 1.29 is 8.78 Å². The molecule has 10 heavy (non-hydrogen) atoms. The van der Waals surface area contributed by atoms with E-state index in [0.29, 0.717) is 0 Å². The highest BCUT2D eigenvalue weighted by Crippen LogP contribution is 2.41. The third kappa shape index (κ3) is 3.80. The minimum atomic E-state index is -2.31. The van der Waals surface area contributed by atoms with Crippen LogP contribution in [0.4, 0.5) is 8.78 Å². The van der Waals surface area contributed by atoms with Crippen molar-refractivity contribution in [1.82, 2.24) is 0 Å². The van der Waals surface area contributed by atoms with E-state index < -0.39 is 5.92 Å². The number of rotatable bonds is 0. The van der Waals surface area contributed by atoms with Crippen LogP contribution in [0.3, 0.4) is 0 Å². The van der Waals surface area contributed by atoms with E-state index in [9.17, 15) is 8.78 Å². The molecule has 1 aliphatic rings. The van der Waals surface area contributed by atoms with Crippen LogP contribution in [-0.4, -0.2) is 5.92 Å². The molecule has 0 heterocycles. The van der Waals surface area contributed by atoms with Crippen molar-refractivity contribution in [3.8, 4) is 0 Å². The highest BCUT2D eigenvalue weighted by Gasteiger charge is 2.42. The maximum Gasteiger partial charge on any atom is 0.248 e. The van der Waals surface area contributed by atoms with Gasteiger partial charge in [-0.3, -0.25) is 0 Å². The lowest BCUT2D eigenvalue weighted by molar-refractivity contribution is -0.104. The molecule has 62 valence electrons. The van der Waals surface area contributed by atoms with E-state index in [4.69, 9.17) is 0 Å². The maximum atomic E-state index is 11.8. The first-order valence-corrected chi connectivity index (χ1v) is 3.89. The lowest BCUT2D eigenvalue weighted by atomic mass is 9.83. The summed E-state index contributed by atoms with van der Waals surface area (Å²) in [6, 6.07) is 0. The van der Waals surface area contributed by atoms with Gasteiger partial charge in [0.05, 0.1) is 0 Å². The van der Waals surface area contributed by atoms with Gasteiger partial charge >= 0.3 is 0 Å². The van der Waals surface area contributed by atoms with Crippen molar-refractivity contribution in [2.45, 2.75) is 46.0 Å². The summed E-state index contributed by atoms with van der Waals surface area (Å²) in [5.41, 5.74) is 0. The largest absolute Gasteiger partial charge is 0.248 e. The Bertz CT molecular complexity index is 81.3. The first kappa shape index (κ1) is 9.86. The first-order chi connectivity index (χ1) is 4.52. The smallest absolute Gasteiger partial charge is 0.207 e. The number of hydrogen-bond acceptors (Lipinski definition) is 0. The average molecular weight is 150 g/mol. The molecule has 0 radical (unpaired) electrons. The van der Waals surface area contributed by atoms with Crippen LogP contribution in [0.15, 0.2) is 0 Å². The summed E-state index contributed by atoms with van der Waals surface area (Å²) in [7, 11) is 0. The van der Waals surface area contributed by atoms with Gasteiger partial charge in [-0.05, 0) is 5.92 Å². The first-order valence-electron chi connectivity index (χ1n) is 3.89. The van der Waals surface area contributed by atoms with E-state index in [1.807, 2.05) is 6.92 Å². The van der Waals surface area contributed by atoms with Gasteiger partial charge < -0.3 is 0 Å². The van der Waals surface area contributed by atoms with Gasteiger partial charge in [-0.15, -0.1) is 0 Å². The molecule has 0 bridgehead atoms. The van der Waals surface area contributed by atoms with Crippen LogP contribution in [0.1, 0.15) is 40.0 Å². The second-order valence-electron chi connectivity index (χ2n) is 3.08. The van der Waals surface area contributed by atoms with Crippen LogP contribution in [0.5, 0.6) is 0 Å². The van der Waals surface area contributed by atoms with Gasteiger partial charge in [-0.2, -0.15) is 0 Å². The van der Waals surface area contributed by atoms with Crippen LogP contribution in [0, 0.1) is 5.92 Å². The van der Waals surface area contributed by atoms with Gasteiger partial charge in [0.1, 0.15) is 0 Å². The van der Waals surface area contributed by atoms with Gasteiger partial charge in [-0.1, -0.05) is 27.2 Å². The minimum absolute atomic E-state index is 0.104. The zero-order valence-electron chi connectivity index (χ0n) is 6.95. The second kappa shape index (κ2) is 3.89. The van der Waals surface area contributed by atoms with Crippen molar-refractivity contribution in [2.24, 2.45) is 5.92 Å². The van der Waals surface area contributed by atoms with Crippen molar-refractivity contribution >= 4 is 0 Å². The highest BCUT2D eigenvalue weighted by atomic mass is 19.3. The summed E-state index contributed by atoms with van der Waals surface area (Å²) in [6.45, 7) is 6.09. The normalized spacial score (nSPS) is 22.5. The highest BCUT2D eigenvalue weighted by molar-refractivity contribution is 4.82. The summed E-state index contributed by atoms with van der Waals surface area (Å²) in [5.74, 6) is -2.05. The van der Waals surface area contributed by atoms with Gasteiger partial charge in [0.15, 0.2) is 0 Å². The number of halogens is 2. The van der Waals surface area contributed by atoms with E-state index in [1.54, 1.807) is 0 Å². The molecule has 0 aromatic rings. The topological polar surface area (TPSA) is 0 Å². The van der Waals surface area contributed by atoms with Crippen LogP contribution >= 0.6 is 0 Å². The lowest BCUT2D eigenvalue weighted by Gasteiger charge is -2.31. The second-order valence-corrected chi connectivity index (χ2v) is 3.08. The average Bonchev–Trinajstić information content (AvgIpc) is 1.61. The number of hydrogen-bond donors (Lipinski definition) is 0. The van der Waals surface area contributed by atoms with Crippen molar-refractivity contribution in [3.05, 3.63) is 0 Å². The Hall–Kier alpha value is -0.140. The molecule has 0 nitrogen and oxygen atoms in total. The standard InChI is InChI=1S/C5H8F2.C3H8/c1-4-2-5(6,7)3-4;1-3-2/h4H,2-3H2,1H3;3H2,1-2H3. The zero-order valence-corrected chi connectivity index (χ0v) is 6.95. The lowest BCUT2D eigenvalue weighted by Crippen LogP contribution is -2.33. The molecule has 1 fully saturated rings. The predicted molar refractivity (Wildman–Crippen MR) is 39.3 cm³/mol. The van der Waals surface area contributed by atoms with E-state index in [1.165, 1.54) is 6.42 Å². The summed E-state index contributed by atoms with van der Waals surface area (Å²) in [5, 5.41) is 0. The zero-order chi connectivity index (χ0) is 8.20. The molecule has 0 unspecified atom stereocenters. The molecule has 1 rings (SSSR count). The molecule has 0 amide bonds. The van der Waals surface area contributed by atoms with Crippen molar-refractivity contribution in [3.63, 3.8) is 0 Å². The van der Waals surface area contributed by atoms with Crippen LogP contribution in [0.25, 0.3) is 0 Å². The molecule has 0 aliphatic heterocycles. The Balaban J connectivity index is 0.000000236. The van der Waals surface area contributed by atoms with E-state index in [2.05, 4.69) is 13.8 Å². The molecular formula is C8H16F2. The van der Waals surface area contributed by atoms with E-state index >= 15 is 0 Å². The van der Waals surface area contributed by atoms with Crippen molar-refractivity contribution in [2.75, 3.05) is 0 Å². The van der Waals surface area contributed by atoms with Crippen molar-refractivity contribution in [1.29, 1.82) is 0 Å². The third-order valence-corrected chi connectivity index (χ3v) is 1.29. The molecule has 1 saturated carbocycles. The Morgan fingerprint density at radius 2 is 1.60 bits per heavy atom. The summed E-state index contributed by atoms with van der Waals surface area (Å²) in [4.78, 5) is 0. The molecule has 0 spiro atoms. The molecule has 0 aromatic heterocycles. The third-order valence-electron chi connectivity index (χ3n) is 1.29. The fraction of sp³-hybridized carbons (Fsp3) is 1.00. The molecule has 0 aromatic carbocycles. The molecule has 1 aliphatic carbocycles. The summed E-state index contributed by atoms with van der Waals surface area (Å²) in [6.07, 6.45) is 1.46. The summed E-state index contributed by atoms with van der Waals surface area (Å²) < 4.78 is 23.6. The fourth-order valence-electron chi connectivity index (χ4n) is 0.960. The van der Waals surface area contributed by atoms with Gasteiger partial charge in [0.25, 0.3) is 0 Å². The maximum absolute atomic E-state index is 11.8. The van der Waals surface area contributed by atoms with Gasteiger partial charge in [-0.25, -0.2) is 8.78 Å². The van der Waals surface area contributed by atoms with E-state index in [-0.39, 0.29) is 18.8 Å². The van der Waals surface area contributed by atoms with E-state index in [0.717, 1.165) is 0 Å². The van der Waals surface area contributed by atoms with Crippen LogP contribution in [-0.2, 0) is 0 Å². The Labute approximate surface area is 61.6 Å². The minimum Gasteiger partial charge on any atom is -0.207 e. The monoisotopic (exact) mass is 150 g/mol. The molecular weight excluding hydrogens is 134 g/mol. The Morgan fingerprint density at radius 3 is 1.60 bits per heavy atom. The predicted octanol–water partition coefficient (Wildman–Crippen LogP) is 3.47. The molecule has 2 heteroatoms. The molecule has 0 saturated heterocycles. The van der Waals surface area contributed by atoms with Crippen LogP contribution in [0.2, 0.25) is 0 Å². The van der Waals surface area contributed by atoms with Gasteiger partial charge in [0, 0.05) is 12.8 Å². The quantitative estimate of drug-likeness (QED) is 0.496. The van der Waals surface area contributed by atoms with Crippen LogP contribution < -0.4 is 0 Å². The SMILES string of the molecule is CC1CC(F)(F)C1.CCC. The van der Waals surface area contributed by atoms with Gasteiger partial charge in [0.2, 0.25) is 5.92 Å². The Kier molecular flexibility index (Phi) is 3.84. The number of alkyl halides is 2. The molecule has 0 N–H and O–H groups in total. The molecule has 0 atom stereocenters. The fourth-order valence-corrected chi connectivity index (χ4v) is 0.960.